The summed E-state index contributed by atoms with van der Waals surface area (Å²) in [6.45, 7) is 1.76. The lowest BCUT2D eigenvalue weighted by Crippen LogP contribution is -2.31. The van der Waals surface area contributed by atoms with Crippen LogP contribution >= 0.6 is 11.8 Å². The van der Waals surface area contributed by atoms with Crippen LogP contribution in [0.1, 0.15) is 30.1 Å². The largest absolute Gasteiger partial charge is 0.481 e. The average Bonchev–Trinajstić information content (AvgIpc) is 2.47. The van der Waals surface area contributed by atoms with E-state index in [0.717, 1.165) is 10.6 Å². The van der Waals surface area contributed by atoms with Gasteiger partial charge < -0.3 is 10.0 Å². The molecule has 0 bridgehead atoms. The van der Waals surface area contributed by atoms with Gasteiger partial charge in [-0.3, -0.25) is 14.4 Å². The minimum atomic E-state index is -0.941. The van der Waals surface area contributed by atoms with E-state index in [4.69, 9.17) is 5.11 Å². The van der Waals surface area contributed by atoms with E-state index in [1.807, 2.05) is 0 Å². The molecule has 0 aromatic heterocycles. The van der Waals surface area contributed by atoms with Crippen LogP contribution in [-0.4, -0.2) is 35.6 Å². The zero-order valence-electron chi connectivity index (χ0n) is 12.0. The number of thioether (sulfide) groups is 1. The number of carbonyl (C=O) groups is 3. The second-order valence-electron chi connectivity index (χ2n) is 4.99. The Bertz CT molecular complexity index is 599. The maximum Gasteiger partial charge on any atom is 0.306 e. The number of hydrogen-bond donors (Lipinski definition) is 1. The number of rotatable bonds is 5. The first kappa shape index (κ1) is 15.6. The molecular weight excluding hydrogens is 290 g/mol. The van der Waals surface area contributed by atoms with Gasteiger partial charge >= 0.3 is 5.97 Å². The van der Waals surface area contributed by atoms with Gasteiger partial charge in [0.1, 0.15) is 0 Å². The predicted octanol–water partition coefficient (Wildman–Crippen LogP) is 2.44. The Labute approximate surface area is 127 Å². The van der Waals surface area contributed by atoms with E-state index >= 15 is 0 Å². The summed E-state index contributed by atoms with van der Waals surface area (Å²) < 4.78 is 0. The number of amides is 1. The molecule has 5 nitrogen and oxygen atoms in total. The minimum absolute atomic E-state index is 0.00402. The summed E-state index contributed by atoms with van der Waals surface area (Å²) in [5, 5.41) is 9.02. The fraction of sp³-hybridized carbons (Fsp3) is 0.400. The molecule has 0 spiro atoms. The summed E-state index contributed by atoms with van der Waals surface area (Å²) in [7, 11) is 1.71. The molecule has 1 heterocycles. The molecule has 1 amide bonds. The van der Waals surface area contributed by atoms with Crippen LogP contribution in [-0.2, 0) is 9.59 Å². The summed E-state index contributed by atoms with van der Waals surface area (Å²) in [6.07, 6.45) is 0.433. The van der Waals surface area contributed by atoms with Crippen molar-refractivity contribution in [3.05, 3.63) is 23.8 Å². The summed E-state index contributed by atoms with van der Waals surface area (Å²) in [5.41, 5.74) is 1.29. The number of hydrogen-bond acceptors (Lipinski definition) is 4. The van der Waals surface area contributed by atoms with Crippen LogP contribution in [0.15, 0.2) is 23.1 Å². The van der Waals surface area contributed by atoms with Crippen molar-refractivity contribution in [3.8, 4) is 0 Å². The van der Waals surface area contributed by atoms with E-state index < -0.39 is 11.9 Å². The lowest BCUT2D eigenvalue weighted by molar-refractivity contribution is -0.141. The summed E-state index contributed by atoms with van der Waals surface area (Å²) >= 11 is 1.40. The van der Waals surface area contributed by atoms with E-state index in [9.17, 15) is 14.4 Å². The first-order valence-corrected chi connectivity index (χ1v) is 7.72. The van der Waals surface area contributed by atoms with Gasteiger partial charge in [0, 0.05) is 23.9 Å². The zero-order chi connectivity index (χ0) is 15.6. The molecule has 0 radical (unpaired) electrons. The van der Waals surface area contributed by atoms with Crippen LogP contribution in [0.5, 0.6) is 0 Å². The predicted molar refractivity (Wildman–Crippen MR) is 80.9 cm³/mol. The number of Topliss-reactive ketones (excluding diaryl/α,β-unsaturated/α-hetero) is 1. The quantitative estimate of drug-likeness (QED) is 0.846. The third-order valence-electron chi connectivity index (χ3n) is 3.64. The van der Waals surface area contributed by atoms with Crippen LogP contribution in [0.2, 0.25) is 0 Å². The lowest BCUT2D eigenvalue weighted by atomic mass is 9.96. The fourth-order valence-electron chi connectivity index (χ4n) is 2.20. The van der Waals surface area contributed by atoms with E-state index in [-0.39, 0.29) is 18.1 Å². The third-order valence-corrected chi connectivity index (χ3v) is 4.67. The Morgan fingerprint density at radius 1 is 1.43 bits per heavy atom. The average molecular weight is 307 g/mol. The Hall–Kier alpha value is -1.82. The number of benzene rings is 1. The maximum absolute atomic E-state index is 12.2. The smallest absolute Gasteiger partial charge is 0.306 e. The van der Waals surface area contributed by atoms with Gasteiger partial charge in [-0.25, -0.2) is 0 Å². The molecular formula is C15H17NO4S. The van der Waals surface area contributed by atoms with Crippen LogP contribution < -0.4 is 4.90 Å². The van der Waals surface area contributed by atoms with Gasteiger partial charge in [-0.05, 0) is 24.6 Å². The zero-order valence-corrected chi connectivity index (χ0v) is 12.8. The monoisotopic (exact) mass is 307 g/mol. The van der Waals surface area contributed by atoms with Crippen molar-refractivity contribution in [2.75, 3.05) is 17.7 Å². The number of ketones is 1. The number of carboxylic acid groups (broad SMARTS) is 1. The Kier molecular flexibility index (Phi) is 4.67. The topological polar surface area (TPSA) is 74.7 Å². The maximum atomic E-state index is 12.2. The van der Waals surface area contributed by atoms with E-state index in [1.54, 1.807) is 37.1 Å². The van der Waals surface area contributed by atoms with Gasteiger partial charge in [-0.2, -0.15) is 0 Å². The summed E-state index contributed by atoms with van der Waals surface area (Å²) in [5.74, 6) is -1.38. The van der Waals surface area contributed by atoms with Crippen molar-refractivity contribution in [1.82, 2.24) is 0 Å². The molecule has 6 heteroatoms. The first-order valence-electron chi connectivity index (χ1n) is 6.73. The number of aliphatic carboxylic acids is 1. The highest BCUT2D eigenvalue weighted by atomic mass is 32.2. The van der Waals surface area contributed by atoms with Gasteiger partial charge in [-0.15, -0.1) is 11.8 Å². The highest BCUT2D eigenvalue weighted by Crippen LogP contribution is 2.35. The van der Waals surface area contributed by atoms with Gasteiger partial charge in [0.2, 0.25) is 5.91 Å². The molecule has 1 atom stereocenters. The standard InChI is InChI=1S/C15H17NO4S/c1-3-9(15(19)20)6-12(17)10-4-5-11-13(7-10)21-8-14(18)16(11)2/h4-5,7,9H,3,6,8H2,1-2H3,(H,19,20). The molecule has 21 heavy (non-hydrogen) atoms. The molecule has 0 saturated carbocycles. The van der Waals surface area contributed by atoms with Gasteiger partial charge in [-0.1, -0.05) is 6.92 Å². The molecule has 1 aromatic rings. The molecule has 0 saturated heterocycles. The Morgan fingerprint density at radius 3 is 2.76 bits per heavy atom. The van der Waals surface area contributed by atoms with E-state index in [0.29, 0.717) is 17.7 Å². The molecule has 1 aliphatic rings. The SMILES string of the molecule is CCC(CC(=O)c1ccc2c(c1)SCC(=O)N2C)C(=O)O. The van der Waals surface area contributed by atoms with Crippen LogP contribution in [0, 0.1) is 5.92 Å². The molecule has 1 aliphatic heterocycles. The number of nitrogens with zero attached hydrogens (tertiary/aromatic N) is 1. The Morgan fingerprint density at radius 2 is 2.14 bits per heavy atom. The van der Waals surface area contributed by atoms with Crippen molar-refractivity contribution in [2.24, 2.45) is 5.92 Å². The van der Waals surface area contributed by atoms with Crippen molar-refractivity contribution in [2.45, 2.75) is 24.7 Å². The molecule has 1 N–H and O–H groups in total. The highest BCUT2D eigenvalue weighted by Gasteiger charge is 2.24. The van der Waals surface area contributed by atoms with Crippen molar-refractivity contribution >= 4 is 35.1 Å². The second kappa shape index (κ2) is 6.30. The molecule has 1 unspecified atom stereocenters. The van der Waals surface area contributed by atoms with Gasteiger partial charge in [0.25, 0.3) is 0 Å². The first-order chi connectivity index (χ1) is 9.93. The number of fused-ring (bicyclic) bond motifs is 1. The van der Waals surface area contributed by atoms with Gasteiger partial charge in [0.15, 0.2) is 5.78 Å². The fourth-order valence-corrected chi connectivity index (χ4v) is 3.23. The summed E-state index contributed by atoms with van der Waals surface area (Å²) in [6, 6.07) is 5.15. The van der Waals surface area contributed by atoms with E-state index in [1.165, 1.54) is 11.8 Å². The number of anilines is 1. The van der Waals surface area contributed by atoms with Crippen molar-refractivity contribution in [3.63, 3.8) is 0 Å². The lowest BCUT2D eigenvalue weighted by Gasteiger charge is -2.25. The molecule has 112 valence electrons. The normalized spacial score (nSPS) is 15.5. The number of carboxylic acids is 1. The van der Waals surface area contributed by atoms with Crippen molar-refractivity contribution < 1.29 is 19.5 Å². The third kappa shape index (κ3) is 3.26. The molecule has 1 aromatic carbocycles. The van der Waals surface area contributed by atoms with Crippen LogP contribution in [0.25, 0.3) is 0 Å². The van der Waals surface area contributed by atoms with Gasteiger partial charge in [0.05, 0.1) is 17.4 Å². The van der Waals surface area contributed by atoms with E-state index in [2.05, 4.69) is 0 Å². The molecule has 2 rings (SSSR count). The summed E-state index contributed by atoms with van der Waals surface area (Å²) in [4.78, 5) is 37.3. The van der Waals surface area contributed by atoms with Crippen LogP contribution in [0.4, 0.5) is 5.69 Å². The van der Waals surface area contributed by atoms with Crippen LogP contribution in [0.3, 0.4) is 0 Å². The second-order valence-corrected chi connectivity index (χ2v) is 6.01. The highest BCUT2D eigenvalue weighted by molar-refractivity contribution is 8.00. The molecule has 0 fully saturated rings. The van der Waals surface area contributed by atoms with Crippen molar-refractivity contribution in [1.29, 1.82) is 0 Å². The minimum Gasteiger partial charge on any atom is -0.481 e. The number of carbonyl (C=O) groups excluding carboxylic acids is 2. The Balaban J connectivity index is 2.20. The molecule has 0 aliphatic carbocycles.